The predicted octanol–water partition coefficient (Wildman–Crippen LogP) is 4.48. The molecular weight excluding hydrogens is 382 g/mol. The zero-order chi connectivity index (χ0) is 20.3. The molecule has 1 aliphatic rings. The van der Waals surface area contributed by atoms with Crippen molar-refractivity contribution < 1.29 is 9.84 Å². The van der Waals surface area contributed by atoms with Gasteiger partial charge in [-0.3, -0.25) is 4.99 Å². The van der Waals surface area contributed by atoms with Crippen LogP contribution in [0.3, 0.4) is 0 Å². The Morgan fingerprint density at radius 2 is 2.10 bits per heavy atom. The number of benzene rings is 1. The van der Waals surface area contributed by atoms with E-state index < -0.39 is 11.5 Å². The standard InChI is InChI=1S/C23H27N3O2S/c1-24-22(29-16-17-6-9-19(28-2)10-7-17)23(12-4-3-5-20(23)27)18-8-11-21-25-13-14-26(21)15-18/h6-11,13-15,20,27H,3-5,12,16H2,1-2H3. The lowest BCUT2D eigenvalue weighted by atomic mass is 9.68. The minimum Gasteiger partial charge on any atom is -0.497 e. The largest absolute Gasteiger partial charge is 0.497 e. The van der Waals surface area contributed by atoms with Crippen molar-refractivity contribution in [1.82, 2.24) is 9.38 Å². The number of rotatable bonds is 5. The Morgan fingerprint density at radius 3 is 2.83 bits per heavy atom. The Hall–Kier alpha value is -2.31. The van der Waals surface area contributed by atoms with E-state index in [0.717, 1.165) is 53.4 Å². The SMILES string of the molecule is CN=C(SCc1ccc(OC)cc1)C1(c2ccc3nccn3c2)CCCCC1O. The molecule has 3 aromatic rings. The maximum Gasteiger partial charge on any atom is 0.136 e. The van der Waals surface area contributed by atoms with Gasteiger partial charge in [0.05, 0.1) is 23.7 Å². The molecule has 5 nitrogen and oxygen atoms in total. The van der Waals surface area contributed by atoms with Gasteiger partial charge in [0.2, 0.25) is 0 Å². The molecule has 0 radical (unpaired) electrons. The Kier molecular flexibility index (Phi) is 5.92. The summed E-state index contributed by atoms with van der Waals surface area (Å²) in [6.07, 6.45) is 9.25. The Morgan fingerprint density at radius 1 is 1.28 bits per heavy atom. The fraction of sp³-hybridized carbons (Fsp3) is 0.391. The fourth-order valence-corrected chi connectivity index (χ4v) is 5.55. The first kappa shape index (κ1) is 20.0. The highest BCUT2D eigenvalue weighted by molar-refractivity contribution is 8.13. The second-order valence-electron chi connectivity index (χ2n) is 7.51. The number of hydrogen-bond donors (Lipinski definition) is 1. The molecule has 1 fully saturated rings. The Balaban J connectivity index is 1.67. The van der Waals surface area contributed by atoms with Crippen molar-refractivity contribution >= 4 is 22.5 Å². The summed E-state index contributed by atoms with van der Waals surface area (Å²) < 4.78 is 7.28. The van der Waals surface area contributed by atoms with Crippen molar-refractivity contribution in [1.29, 1.82) is 0 Å². The van der Waals surface area contributed by atoms with Crippen LogP contribution in [-0.4, -0.2) is 39.8 Å². The number of imidazole rings is 1. The number of ether oxygens (including phenoxy) is 1. The van der Waals surface area contributed by atoms with E-state index in [0.29, 0.717) is 0 Å². The smallest absolute Gasteiger partial charge is 0.136 e. The molecule has 0 spiro atoms. The van der Waals surface area contributed by atoms with E-state index in [4.69, 9.17) is 9.73 Å². The molecule has 0 saturated heterocycles. The van der Waals surface area contributed by atoms with Crippen molar-refractivity contribution in [2.24, 2.45) is 4.99 Å². The third kappa shape index (κ3) is 3.79. The summed E-state index contributed by atoms with van der Waals surface area (Å²) in [5.74, 6) is 1.66. The van der Waals surface area contributed by atoms with Crippen molar-refractivity contribution in [3.8, 4) is 5.75 Å². The summed E-state index contributed by atoms with van der Waals surface area (Å²) in [7, 11) is 3.52. The number of fused-ring (bicyclic) bond motifs is 1. The highest BCUT2D eigenvalue weighted by atomic mass is 32.2. The van der Waals surface area contributed by atoms with E-state index in [-0.39, 0.29) is 0 Å². The van der Waals surface area contributed by atoms with E-state index in [2.05, 4.69) is 29.4 Å². The normalized spacial score (nSPS) is 22.7. The van der Waals surface area contributed by atoms with Crippen LogP contribution < -0.4 is 4.74 Å². The summed E-state index contributed by atoms with van der Waals surface area (Å²) >= 11 is 1.72. The van der Waals surface area contributed by atoms with Crippen LogP contribution in [0.1, 0.15) is 36.8 Å². The molecule has 0 bridgehead atoms. The second kappa shape index (κ2) is 8.59. The van der Waals surface area contributed by atoms with Gasteiger partial charge in [0.1, 0.15) is 11.4 Å². The summed E-state index contributed by atoms with van der Waals surface area (Å²) in [6, 6.07) is 12.3. The maximum atomic E-state index is 11.2. The lowest BCUT2D eigenvalue weighted by Crippen LogP contribution is -2.48. The summed E-state index contributed by atoms with van der Waals surface area (Å²) in [4.78, 5) is 9.05. The number of aliphatic imine (C=N–C) groups is 1. The van der Waals surface area contributed by atoms with Gasteiger partial charge in [0.25, 0.3) is 0 Å². The van der Waals surface area contributed by atoms with E-state index in [9.17, 15) is 5.11 Å². The molecular formula is C23H27N3O2S. The number of pyridine rings is 1. The molecule has 29 heavy (non-hydrogen) atoms. The minimum atomic E-state index is -0.470. The number of nitrogens with zero attached hydrogens (tertiary/aromatic N) is 3. The van der Waals surface area contributed by atoms with Crippen LogP contribution in [0, 0.1) is 0 Å². The van der Waals surface area contributed by atoms with Crippen LogP contribution in [0.5, 0.6) is 5.75 Å². The molecule has 1 aliphatic carbocycles. The van der Waals surface area contributed by atoms with Crippen molar-refractivity contribution in [2.45, 2.75) is 43.0 Å². The topological polar surface area (TPSA) is 59.1 Å². The van der Waals surface area contributed by atoms with Crippen molar-refractivity contribution in [3.05, 3.63) is 66.1 Å². The summed E-state index contributed by atoms with van der Waals surface area (Å²) in [5, 5.41) is 12.2. The molecule has 0 aliphatic heterocycles. The van der Waals surface area contributed by atoms with Gasteiger partial charge < -0.3 is 14.2 Å². The minimum absolute atomic E-state index is 0.445. The maximum absolute atomic E-state index is 11.2. The molecule has 2 unspecified atom stereocenters. The van der Waals surface area contributed by atoms with Gasteiger partial charge in [-0.25, -0.2) is 4.98 Å². The first-order chi connectivity index (χ1) is 14.2. The van der Waals surface area contributed by atoms with Crippen LogP contribution in [-0.2, 0) is 11.2 Å². The average Bonchev–Trinajstić information content (AvgIpc) is 3.23. The number of methoxy groups -OCH3 is 1. The number of aromatic nitrogens is 2. The van der Waals surface area contributed by atoms with Gasteiger partial charge in [-0.15, -0.1) is 11.8 Å². The molecule has 6 heteroatoms. The molecule has 152 valence electrons. The van der Waals surface area contributed by atoms with Crippen LogP contribution >= 0.6 is 11.8 Å². The molecule has 4 rings (SSSR count). The predicted molar refractivity (Wildman–Crippen MR) is 119 cm³/mol. The first-order valence-electron chi connectivity index (χ1n) is 10.0. The number of aliphatic hydroxyl groups excluding tert-OH is 1. The zero-order valence-electron chi connectivity index (χ0n) is 16.9. The van der Waals surface area contributed by atoms with E-state index >= 15 is 0 Å². The van der Waals surface area contributed by atoms with Gasteiger partial charge in [0, 0.05) is 31.4 Å². The first-order valence-corrected chi connectivity index (χ1v) is 11.0. The zero-order valence-corrected chi connectivity index (χ0v) is 17.7. The van der Waals surface area contributed by atoms with Crippen LogP contribution in [0.25, 0.3) is 5.65 Å². The molecule has 2 aromatic heterocycles. The van der Waals surface area contributed by atoms with Gasteiger partial charge in [-0.1, -0.05) is 31.0 Å². The van der Waals surface area contributed by atoms with E-state index in [1.165, 1.54) is 5.56 Å². The fourth-order valence-electron chi connectivity index (χ4n) is 4.31. The highest BCUT2D eigenvalue weighted by Crippen LogP contribution is 2.44. The molecule has 2 heterocycles. The van der Waals surface area contributed by atoms with Crippen molar-refractivity contribution in [3.63, 3.8) is 0 Å². The Bertz CT molecular complexity index is 999. The highest BCUT2D eigenvalue weighted by Gasteiger charge is 2.46. The van der Waals surface area contributed by atoms with Gasteiger partial charge in [0.15, 0.2) is 0 Å². The summed E-state index contributed by atoms with van der Waals surface area (Å²) in [5.41, 5.74) is 2.76. The van der Waals surface area contributed by atoms with Crippen LogP contribution in [0.15, 0.2) is 60.0 Å². The molecule has 1 N–H and O–H groups in total. The summed E-state index contributed by atoms with van der Waals surface area (Å²) in [6.45, 7) is 0. The number of hydrogen-bond acceptors (Lipinski definition) is 5. The monoisotopic (exact) mass is 409 g/mol. The van der Waals surface area contributed by atoms with E-state index in [1.807, 2.05) is 35.8 Å². The van der Waals surface area contributed by atoms with E-state index in [1.54, 1.807) is 25.1 Å². The van der Waals surface area contributed by atoms with Gasteiger partial charge in [-0.2, -0.15) is 0 Å². The second-order valence-corrected chi connectivity index (χ2v) is 8.47. The third-order valence-electron chi connectivity index (χ3n) is 5.89. The van der Waals surface area contributed by atoms with Crippen LogP contribution in [0.2, 0.25) is 0 Å². The molecule has 1 saturated carbocycles. The average molecular weight is 410 g/mol. The van der Waals surface area contributed by atoms with Crippen molar-refractivity contribution in [2.75, 3.05) is 14.2 Å². The lowest BCUT2D eigenvalue weighted by molar-refractivity contribution is 0.0793. The lowest BCUT2D eigenvalue weighted by Gasteiger charge is -2.42. The van der Waals surface area contributed by atoms with Crippen LogP contribution in [0.4, 0.5) is 0 Å². The van der Waals surface area contributed by atoms with Gasteiger partial charge >= 0.3 is 0 Å². The van der Waals surface area contributed by atoms with Gasteiger partial charge in [-0.05, 0) is 42.2 Å². The number of thioether (sulfide) groups is 1. The quantitative estimate of drug-likeness (QED) is 0.499. The molecule has 2 atom stereocenters. The molecule has 1 aromatic carbocycles. The number of aliphatic hydroxyl groups is 1. The molecule has 0 amide bonds. The third-order valence-corrected chi connectivity index (χ3v) is 7.19. The Labute approximate surface area is 175 Å².